The maximum absolute atomic E-state index is 12.2. The highest BCUT2D eigenvalue weighted by Crippen LogP contribution is 2.30. The van der Waals surface area contributed by atoms with Crippen molar-refractivity contribution < 1.29 is 9.53 Å². The Morgan fingerprint density at radius 2 is 1.92 bits per heavy atom. The fourth-order valence-electron chi connectivity index (χ4n) is 2.75. The van der Waals surface area contributed by atoms with Gasteiger partial charge in [0.1, 0.15) is 0 Å². The minimum absolute atomic E-state index is 0.276. The maximum Gasteiger partial charge on any atom is 0.334 e. The molecule has 0 aliphatic heterocycles. The lowest BCUT2D eigenvalue weighted by Crippen LogP contribution is -2.07. The zero-order valence-corrected chi connectivity index (χ0v) is 14.7. The number of fused-ring (bicyclic) bond motifs is 1. The summed E-state index contributed by atoms with van der Waals surface area (Å²) in [4.78, 5) is 13.6. The molecule has 0 N–H and O–H groups in total. The van der Waals surface area contributed by atoms with Crippen molar-refractivity contribution in [3.05, 3.63) is 76.2 Å². The number of rotatable bonds is 5. The predicted molar refractivity (Wildman–Crippen MR) is 101 cm³/mol. The molecule has 24 heavy (non-hydrogen) atoms. The molecule has 0 spiro atoms. The van der Waals surface area contributed by atoms with Crippen LogP contribution >= 0.6 is 11.3 Å². The number of esters is 1. The van der Waals surface area contributed by atoms with Crippen molar-refractivity contribution >= 4 is 33.5 Å². The smallest absolute Gasteiger partial charge is 0.334 e. The van der Waals surface area contributed by atoms with Crippen LogP contribution in [-0.4, -0.2) is 13.1 Å². The monoisotopic (exact) mass is 336 g/mol. The van der Waals surface area contributed by atoms with Gasteiger partial charge in [0.2, 0.25) is 0 Å². The summed E-state index contributed by atoms with van der Waals surface area (Å²) < 4.78 is 6.24. The lowest BCUT2D eigenvalue weighted by molar-refractivity contribution is -0.136. The molecule has 0 unspecified atom stereocenters. The van der Waals surface area contributed by atoms with E-state index >= 15 is 0 Å². The fraction of sp³-hybridized carbons (Fsp3) is 0.190. The van der Waals surface area contributed by atoms with Gasteiger partial charge in [0, 0.05) is 21.6 Å². The highest BCUT2D eigenvalue weighted by Gasteiger charge is 2.12. The average molecular weight is 336 g/mol. The molecular formula is C21H20O2S. The van der Waals surface area contributed by atoms with E-state index in [0.29, 0.717) is 12.0 Å². The molecule has 0 bridgehead atoms. The quantitative estimate of drug-likeness (QED) is 0.469. The van der Waals surface area contributed by atoms with Crippen LogP contribution in [0.4, 0.5) is 0 Å². The van der Waals surface area contributed by atoms with Gasteiger partial charge < -0.3 is 4.74 Å². The summed E-state index contributed by atoms with van der Waals surface area (Å²) in [6, 6.07) is 18.4. The van der Waals surface area contributed by atoms with Gasteiger partial charge in [-0.1, -0.05) is 49.4 Å². The summed E-state index contributed by atoms with van der Waals surface area (Å²) >= 11 is 1.81. The third kappa shape index (κ3) is 3.57. The molecule has 0 radical (unpaired) electrons. The minimum Gasteiger partial charge on any atom is -0.466 e. The van der Waals surface area contributed by atoms with Crippen molar-refractivity contribution in [2.24, 2.45) is 0 Å². The van der Waals surface area contributed by atoms with Gasteiger partial charge in [-0.05, 0) is 41.1 Å². The number of carbonyl (C=O) groups is 1. The first-order chi connectivity index (χ1) is 11.7. The van der Waals surface area contributed by atoms with Crippen LogP contribution in [0, 0.1) is 0 Å². The molecule has 0 saturated carbocycles. The zero-order chi connectivity index (χ0) is 16.9. The van der Waals surface area contributed by atoms with Gasteiger partial charge in [-0.25, -0.2) is 4.79 Å². The van der Waals surface area contributed by atoms with Gasteiger partial charge in [0.05, 0.1) is 7.11 Å². The summed E-state index contributed by atoms with van der Waals surface area (Å²) in [6.45, 7) is 2.16. The Bertz CT molecular complexity index is 875. The molecule has 2 aromatic carbocycles. The lowest BCUT2D eigenvalue weighted by atomic mass is 10.0. The Kier molecular flexibility index (Phi) is 5.11. The van der Waals surface area contributed by atoms with Gasteiger partial charge in [-0.2, -0.15) is 0 Å². The van der Waals surface area contributed by atoms with Gasteiger partial charge in [-0.15, -0.1) is 11.3 Å². The largest absolute Gasteiger partial charge is 0.466 e. The van der Waals surface area contributed by atoms with Crippen molar-refractivity contribution in [1.29, 1.82) is 0 Å². The Morgan fingerprint density at radius 1 is 1.12 bits per heavy atom. The predicted octanol–water partition coefficient (Wildman–Crippen LogP) is 5.26. The fourth-order valence-corrected chi connectivity index (χ4v) is 3.79. The second kappa shape index (κ2) is 7.45. The highest BCUT2D eigenvalue weighted by atomic mass is 32.1. The Morgan fingerprint density at radius 3 is 2.62 bits per heavy atom. The van der Waals surface area contributed by atoms with E-state index in [-0.39, 0.29) is 5.97 Å². The number of hydrogen-bond donors (Lipinski definition) is 0. The first-order valence-electron chi connectivity index (χ1n) is 8.05. The van der Waals surface area contributed by atoms with Crippen LogP contribution in [0.3, 0.4) is 0 Å². The van der Waals surface area contributed by atoms with Crippen LogP contribution in [0.2, 0.25) is 0 Å². The number of hydrogen-bond acceptors (Lipinski definition) is 3. The van der Waals surface area contributed by atoms with E-state index in [1.54, 1.807) is 0 Å². The SMILES string of the molecule is CCc1cc2c(/C=C(/Cc3ccccc3)C(=O)OC)cccc2s1. The van der Waals surface area contributed by atoms with Crippen molar-refractivity contribution in [2.75, 3.05) is 7.11 Å². The summed E-state index contributed by atoms with van der Waals surface area (Å²) in [5, 5.41) is 1.20. The molecular weight excluding hydrogens is 316 g/mol. The summed E-state index contributed by atoms with van der Waals surface area (Å²) in [7, 11) is 1.43. The molecule has 2 nitrogen and oxygen atoms in total. The van der Waals surface area contributed by atoms with E-state index in [1.807, 2.05) is 53.8 Å². The Labute approximate surface area is 146 Å². The molecule has 0 atom stereocenters. The van der Waals surface area contributed by atoms with Gasteiger partial charge in [-0.3, -0.25) is 0 Å². The lowest BCUT2D eigenvalue weighted by Gasteiger charge is -2.07. The number of methoxy groups -OCH3 is 1. The first kappa shape index (κ1) is 16.5. The van der Waals surface area contributed by atoms with Gasteiger partial charge >= 0.3 is 5.97 Å². The molecule has 3 aromatic rings. The molecule has 0 aliphatic carbocycles. The number of benzene rings is 2. The zero-order valence-electron chi connectivity index (χ0n) is 13.9. The third-order valence-electron chi connectivity index (χ3n) is 4.01. The van der Waals surface area contributed by atoms with Crippen LogP contribution in [-0.2, 0) is 22.4 Å². The van der Waals surface area contributed by atoms with E-state index in [9.17, 15) is 4.79 Å². The first-order valence-corrected chi connectivity index (χ1v) is 8.87. The van der Waals surface area contributed by atoms with E-state index in [1.165, 1.54) is 22.1 Å². The molecule has 0 fully saturated rings. The van der Waals surface area contributed by atoms with Crippen LogP contribution in [0.5, 0.6) is 0 Å². The Balaban J connectivity index is 2.04. The van der Waals surface area contributed by atoms with Crippen molar-refractivity contribution in [3.8, 4) is 0 Å². The van der Waals surface area contributed by atoms with Crippen molar-refractivity contribution in [3.63, 3.8) is 0 Å². The maximum atomic E-state index is 12.2. The van der Waals surface area contributed by atoms with Crippen LogP contribution in [0.1, 0.15) is 22.9 Å². The number of thiophene rings is 1. The van der Waals surface area contributed by atoms with E-state index < -0.39 is 0 Å². The van der Waals surface area contributed by atoms with Crippen molar-refractivity contribution in [1.82, 2.24) is 0 Å². The molecule has 1 heterocycles. The molecule has 0 aliphatic rings. The van der Waals surface area contributed by atoms with Gasteiger partial charge in [0.15, 0.2) is 0 Å². The molecule has 122 valence electrons. The van der Waals surface area contributed by atoms with Crippen LogP contribution < -0.4 is 0 Å². The second-order valence-corrected chi connectivity index (χ2v) is 6.82. The molecule has 1 aromatic heterocycles. The van der Waals surface area contributed by atoms with E-state index in [4.69, 9.17) is 4.74 Å². The number of carbonyl (C=O) groups excluding carboxylic acids is 1. The third-order valence-corrected chi connectivity index (χ3v) is 5.25. The molecule has 3 heteroatoms. The van der Waals surface area contributed by atoms with E-state index in [2.05, 4.69) is 25.1 Å². The second-order valence-electron chi connectivity index (χ2n) is 5.65. The van der Waals surface area contributed by atoms with Crippen molar-refractivity contribution in [2.45, 2.75) is 19.8 Å². The topological polar surface area (TPSA) is 26.3 Å². The van der Waals surface area contributed by atoms with Crippen LogP contribution in [0.15, 0.2) is 60.2 Å². The van der Waals surface area contributed by atoms with E-state index in [0.717, 1.165) is 17.5 Å². The average Bonchev–Trinajstić information content (AvgIpc) is 3.05. The number of ether oxygens (including phenoxy) is 1. The normalized spacial score (nSPS) is 11.7. The number of aryl methyl sites for hydroxylation is 1. The molecule has 0 amide bonds. The Hall–Kier alpha value is -2.39. The molecule has 3 rings (SSSR count). The standard InChI is InChI=1S/C21H20O2S/c1-3-18-14-19-16(10-7-11-20(19)24-18)13-17(21(22)23-2)12-15-8-5-4-6-9-15/h4-11,13-14H,3,12H2,1-2H3/b17-13-. The summed E-state index contributed by atoms with van der Waals surface area (Å²) in [5.74, 6) is -0.276. The molecule has 0 saturated heterocycles. The van der Waals surface area contributed by atoms with Gasteiger partial charge in [0.25, 0.3) is 0 Å². The summed E-state index contributed by atoms with van der Waals surface area (Å²) in [6.07, 6.45) is 3.55. The highest BCUT2D eigenvalue weighted by molar-refractivity contribution is 7.19. The van der Waals surface area contributed by atoms with Crippen LogP contribution in [0.25, 0.3) is 16.2 Å². The summed E-state index contributed by atoms with van der Waals surface area (Å²) in [5.41, 5.74) is 2.83. The minimum atomic E-state index is -0.276.